The van der Waals surface area contributed by atoms with Gasteiger partial charge in [0.05, 0.1) is 13.2 Å². The normalized spacial score (nSPS) is 27.6. The summed E-state index contributed by atoms with van der Waals surface area (Å²) in [5, 5.41) is 0. The van der Waals surface area contributed by atoms with E-state index >= 15 is 0 Å². The van der Waals surface area contributed by atoms with Crippen LogP contribution in [0, 0.1) is 0 Å². The Labute approximate surface area is 142 Å². The van der Waals surface area contributed by atoms with E-state index in [1.165, 1.54) is 0 Å². The highest BCUT2D eigenvalue weighted by atomic mass is 16.6. The zero-order valence-corrected chi connectivity index (χ0v) is 14.1. The third-order valence-corrected chi connectivity index (χ3v) is 4.40. The minimum absolute atomic E-state index is 0.0862. The molecule has 0 aromatic heterocycles. The molecule has 0 amide bonds. The maximum Gasteiger partial charge on any atom is 0.123 e. The summed E-state index contributed by atoms with van der Waals surface area (Å²) in [6.45, 7) is 6.87. The van der Waals surface area contributed by atoms with Crippen LogP contribution in [0.5, 0.6) is 11.5 Å². The van der Waals surface area contributed by atoms with Crippen LogP contribution in [0.1, 0.15) is 13.8 Å². The molecule has 2 atom stereocenters. The van der Waals surface area contributed by atoms with Crippen molar-refractivity contribution in [3.63, 3.8) is 0 Å². The molecule has 0 spiro atoms. The van der Waals surface area contributed by atoms with Crippen molar-refractivity contribution in [1.82, 2.24) is 0 Å². The smallest absolute Gasteiger partial charge is 0.123 e. The topological polar surface area (TPSA) is 43.5 Å². The van der Waals surface area contributed by atoms with E-state index in [2.05, 4.69) is 38.1 Å². The van der Waals surface area contributed by atoms with Gasteiger partial charge in [0.1, 0.15) is 35.9 Å². The van der Waals surface area contributed by atoms with Gasteiger partial charge >= 0.3 is 0 Å². The standard InChI is InChI=1S/C20H22O4/c1-19(13-23-19)11-21-17-7-3-15(4-8-17)16-5-9-18(10-6-16)22-12-20(2)14-24-20/h3-10H,11-14H2,1-2H3. The summed E-state index contributed by atoms with van der Waals surface area (Å²) in [5.41, 5.74) is 2.13. The van der Waals surface area contributed by atoms with Crippen LogP contribution in [-0.4, -0.2) is 37.6 Å². The lowest BCUT2D eigenvalue weighted by Gasteiger charge is -2.11. The molecule has 0 bridgehead atoms. The minimum Gasteiger partial charge on any atom is -0.491 e. The SMILES string of the molecule is CC1(COc2ccc(-c3ccc(OCC4(C)CO4)cc3)cc2)CO1. The van der Waals surface area contributed by atoms with E-state index in [1.807, 2.05) is 24.3 Å². The largest absolute Gasteiger partial charge is 0.491 e. The Morgan fingerprint density at radius 3 is 1.33 bits per heavy atom. The van der Waals surface area contributed by atoms with Gasteiger partial charge in [-0.2, -0.15) is 0 Å². The average Bonchev–Trinajstić information content (AvgIpc) is 3.53. The molecule has 0 N–H and O–H groups in total. The molecule has 4 heteroatoms. The van der Waals surface area contributed by atoms with E-state index < -0.39 is 0 Å². The zero-order valence-electron chi connectivity index (χ0n) is 14.1. The molecular weight excluding hydrogens is 304 g/mol. The number of epoxide rings is 2. The Morgan fingerprint density at radius 1 is 0.708 bits per heavy atom. The predicted octanol–water partition coefficient (Wildman–Crippen LogP) is 3.69. The summed E-state index contributed by atoms with van der Waals surface area (Å²) in [7, 11) is 0. The first-order chi connectivity index (χ1) is 11.5. The number of hydrogen-bond acceptors (Lipinski definition) is 4. The molecule has 2 aromatic rings. The van der Waals surface area contributed by atoms with Crippen LogP contribution in [0.15, 0.2) is 48.5 Å². The summed E-state index contributed by atoms with van der Waals surface area (Å²) < 4.78 is 22.2. The lowest BCUT2D eigenvalue weighted by atomic mass is 10.1. The highest BCUT2D eigenvalue weighted by Crippen LogP contribution is 2.30. The first-order valence-electron chi connectivity index (χ1n) is 8.28. The minimum atomic E-state index is -0.0862. The van der Waals surface area contributed by atoms with Crippen molar-refractivity contribution in [1.29, 1.82) is 0 Å². The van der Waals surface area contributed by atoms with Crippen LogP contribution >= 0.6 is 0 Å². The van der Waals surface area contributed by atoms with E-state index in [-0.39, 0.29) is 11.2 Å². The molecule has 2 saturated heterocycles. The van der Waals surface area contributed by atoms with E-state index in [0.29, 0.717) is 13.2 Å². The number of hydrogen-bond donors (Lipinski definition) is 0. The van der Waals surface area contributed by atoms with Crippen LogP contribution in [0.3, 0.4) is 0 Å². The molecule has 0 radical (unpaired) electrons. The zero-order chi connectivity index (χ0) is 16.6. The summed E-state index contributed by atoms with van der Waals surface area (Å²) in [4.78, 5) is 0. The first-order valence-corrected chi connectivity index (χ1v) is 8.28. The molecule has 4 nitrogen and oxygen atoms in total. The number of rotatable bonds is 7. The third kappa shape index (κ3) is 3.71. The Kier molecular flexibility index (Phi) is 3.74. The van der Waals surface area contributed by atoms with Gasteiger partial charge in [-0.3, -0.25) is 0 Å². The fourth-order valence-corrected chi connectivity index (χ4v) is 2.37. The van der Waals surface area contributed by atoms with Crippen molar-refractivity contribution in [2.24, 2.45) is 0 Å². The van der Waals surface area contributed by atoms with Gasteiger partial charge in [0.15, 0.2) is 0 Å². The molecule has 126 valence electrons. The molecular formula is C20H22O4. The molecule has 2 heterocycles. The summed E-state index contributed by atoms with van der Waals surface area (Å²) >= 11 is 0. The fraction of sp³-hybridized carbons (Fsp3) is 0.400. The predicted molar refractivity (Wildman–Crippen MR) is 91.6 cm³/mol. The highest BCUT2D eigenvalue weighted by molar-refractivity contribution is 5.64. The molecule has 0 aliphatic carbocycles. The molecule has 2 aliphatic rings. The van der Waals surface area contributed by atoms with Gasteiger partial charge < -0.3 is 18.9 Å². The lowest BCUT2D eigenvalue weighted by Crippen LogP contribution is -2.16. The maximum atomic E-state index is 5.76. The Balaban J connectivity index is 1.36. The average molecular weight is 326 g/mol. The fourth-order valence-electron chi connectivity index (χ4n) is 2.37. The van der Waals surface area contributed by atoms with Gasteiger partial charge in [-0.25, -0.2) is 0 Å². The van der Waals surface area contributed by atoms with Crippen molar-refractivity contribution in [3.05, 3.63) is 48.5 Å². The van der Waals surface area contributed by atoms with Crippen LogP contribution < -0.4 is 9.47 Å². The molecule has 4 rings (SSSR count). The molecule has 2 unspecified atom stereocenters. The second kappa shape index (κ2) is 5.80. The number of benzene rings is 2. The van der Waals surface area contributed by atoms with Crippen molar-refractivity contribution < 1.29 is 18.9 Å². The lowest BCUT2D eigenvalue weighted by molar-refractivity contribution is 0.202. The van der Waals surface area contributed by atoms with Gasteiger partial charge in [0.2, 0.25) is 0 Å². The summed E-state index contributed by atoms with van der Waals surface area (Å²) in [5.74, 6) is 1.74. The highest BCUT2D eigenvalue weighted by Gasteiger charge is 2.40. The van der Waals surface area contributed by atoms with Crippen molar-refractivity contribution >= 4 is 0 Å². The van der Waals surface area contributed by atoms with Gasteiger partial charge in [-0.1, -0.05) is 24.3 Å². The van der Waals surface area contributed by atoms with Gasteiger partial charge in [-0.05, 0) is 49.2 Å². The third-order valence-electron chi connectivity index (χ3n) is 4.40. The van der Waals surface area contributed by atoms with Crippen LogP contribution in [0.4, 0.5) is 0 Å². The van der Waals surface area contributed by atoms with Crippen LogP contribution in [-0.2, 0) is 9.47 Å². The quantitative estimate of drug-likeness (QED) is 0.728. The van der Waals surface area contributed by atoms with Crippen LogP contribution in [0.25, 0.3) is 11.1 Å². The van der Waals surface area contributed by atoms with Gasteiger partial charge in [0.25, 0.3) is 0 Å². The monoisotopic (exact) mass is 326 g/mol. The second-order valence-electron chi connectivity index (χ2n) is 7.10. The molecule has 2 aliphatic heterocycles. The van der Waals surface area contributed by atoms with Crippen molar-refractivity contribution in [3.8, 4) is 22.6 Å². The summed E-state index contributed by atoms with van der Waals surface area (Å²) in [6, 6.07) is 16.3. The molecule has 2 fully saturated rings. The second-order valence-corrected chi connectivity index (χ2v) is 7.10. The maximum absolute atomic E-state index is 5.76. The van der Waals surface area contributed by atoms with Crippen molar-refractivity contribution in [2.45, 2.75) is 25.0 Å². The Bertz CT molecular complexity index is 634. The van der Waals surface area contributed by atoms with Gasteiger partial charge in [0, 0.05) is 0 Å². The first kappa shape index (κ1) is 15.5. The molecule has 24 heavy (non-hydrogen) atoms. The Hall–Kier alpha value is -2.04. The van der Waals surface area contributed by atoms with E-state index in [4.69, 9.17) is 18.9 Å². The molecule has 0 saturated carbocycles. The van der Waals surface area contributed by atoms with E-state index in [0.717, 1.165) is 35.8 Å². The van der Waals surface area contributed by atoms with Crippen molar-refractivity contribution in [2.75, 3.05) is 26.4 Å². The Morgan fingerprint density at radius 2 is 1.04 bits per heavy atom. The van der Waals surface area contributed by atoms with Gasteiger partial charge in [-0.15, -0.1) is 0 Å². The van der Waals surface area contributed by atoms with E-state index in [1.54, 1.807) is 0 Å². The summed E-state index contributed by atoms with van der Waals surface area (Å²) in [6.07, 6.45) is 0. The number of ether oxygens (including phenoxy) is 4. The van der Waals surface area contributed by atoms with Crippen LogP contribution in [0.2, 0.25) is 0 Å². The molecule has 2 aromatic carbocycles. The van der Waals surface area contributed by atoms with E-state index in [9.17, 15) is 0 Å².